The maximum atomic E-state index is 12.8. The van der Waals surface area contributed by atoms with Gasteiger partial charge in [0.05, 0.1) is 11.1 Å². The molecule has 9 heteroatoms. The molecule has 2 aromatic carbocycles. The maximum absolute atomic E-state index is 12.8. The van der Waals surface area contributed by atoms with E-state index >= 15 is 0 Å². The largest absolute Gasteiger partial charge is 0.416 e. The van der Waals surface area contributed by atoms with Crippen molar-refractivity contribution in [3.8, 4) is 11.1 Å². The van der Waals surface area contributed by atoms with E-state index in [0.717, 1.165) is 34.2 Å². The molecule has 0 atom stereocenters. The van der Waals surface area contributed by atoms with Crippen LogP contribution >= 0.6 is 0 Å². The van der Waals surface area contributed by atoms with Crippen LogP contribution in [0.4, 0.5) is 24.9 Å². The van der Waals surface area contributed by atoms with E-state index in [1.54, 1.807) is 18.5 Å². The summed E-state index contributed by atoms with van der Waals surface area (Å²) < 4.78 is 38.3. The summed E-state index contributed by atoms with van der Waals surface area (Å²) in [6.45, 7) is 0.183. The fourth-order valence-electron chi connectivity index (χ4n) is 2.83. The molecule has 142 valence electrons. The lowest BCUT2D eigenvalue weighted by molar-refractivity contribution is -0.137. The zero-order valence-corrected chi connectivity index (χ0v) is 14.5. The number of H-pyrrole nitrogens is 1. The number of aromatic nitrogens is 4. The summed E-state index contributed by atoms with van der Waals surface area (Å²) in [7, 11) is 0. The Bertz CT molecular complexity index is 1120. The first-order valence-electron chi connectivity index (χ1n) is 8.36. The van der Waals surface area contributed by atoms with Crippen LogP contribution < -0.4 is 11.1 Å². The second-order valence-corrected chi connectivity index (χ2v) is 6.22. The summed E-state index contributed by atoms with van der Waals surface area (Å²) in [4.78, 5) is 8.46. The number of hydrogen-bond donors (Lipinski definition) is 3. The molecule has 0 bridgehead atoms. The lowest BCUT2D eigenvalue weighted by Crippen LogP contribution is -2.07. The van der Waals surface area contributed by atoms with E-state index in [9.17, 15) is 13.2 Å². The van der Waals surface area contributed by atoms with Gasteiger partial charge in [-0.1, -0.05) is 18.2 Å². The van der Waals surface area contributed by atoms with Gasteiger partial charge in [0.15, 0.2) is 5.82 Å². The molecule has 0 radical (unpaired) electrons. The Morgan fingerprint density at radius 3 is 2.54 bits per heavy atom. The Hall–Kier alpha value is -3.62. The van der Waals surface area contributed by atoms with Crippen molar-refractivity contribution in [1.29, 1.82) is 0 Å². The molecule has 0 spiro atoms. The molecule has 6 nitrogen and oxygen atoms in total. The van der Waals surface area contributed by atoms with Crippen molar-refractivity contribution in [3.05, 3.63) is 66.0 Å². The van der Waals surface area contributed by atoms with Crippen LogP contribution in [0, 0.1) is 0 Å². The number of nitrogens with one attached hydrogen (secondary N) is 2. The molecule has 0 fully saturated rings. The Kier molecular flexibility index (Phi) is 4.34. The Balaban J connectivity index is 1.47. The number of nitrogens with two attached hydrogens (primary N) is 1. The van der Waals surface area contributed by atoms with Crippen molar-refractivity contribution in [1.82, 2.24) is 20.2 Å². The average molecular weight is 384 g/mol. The normalized spacial score (nSPS) is 11.7. The van der Waals surface area contributed by atoms with Crippen molar-refractivity contribution in [3.63, 3.8) is 0 Å². The van der Waals surface area contributed by atoms with E-state index in [0.29, 0.717) is 17.3 Å². The third-order valence-corrected chi connectivity index (χ3v) is 4.28. The third kappa shape index (κ3) is 3.59. The predicted octanol–water partition coefficient (Wildman–Crippen LogP) is 4.23. The number of benzene rings is 2. The Morgan fingerprint density at radius 2 is 1.79 bits per heavy atom. The zero-order valence-electron chi connectivity index (χ0n) is 14.5. The van der Waals surface area contributed by atoms with Gasteiger partial charge in [0.2, 0.25) is 5.95 Å². The Labute approximate surface area is 157 Å². The fraction of sp³-hybridized carbons (Fsp3) is 0.105. The van der Waals surface area contributed by atoms with Gasteiger partial charge in [0, 0.05) is 29.9 Å². The lowest BCUT2D eigenvalue weighted by atomic mass is 10.1. The van der Waals surface area contributed by atoms with E-state index in [4.69, 9.17) is 5.73 Å². The topological polar surface area (TPSA) is 92.5 Å². The van der Waals surface area contributed by atoms with Crippen molar-refractivity contribution in [2.45, 2.75) is 12.7 Å². The second kappa shape index (κ2) is 6.84. The summed E-state index contributed by atoms with van der Waals surface area (Å²) in [5.41, 5.74) is 8.06. The van der Waals surface area contributed by atoms with Crippen molar-refractivity contribution >= 4 is 22.7 Å². The molecule has 4 N–H and O–H groups in total. The van der Waals surface area contributed by atoms with Crippen LogP contribution in [0.25, 0.3) is 22.0 Å². The molecule has 0 saturated carbocycles. The van der Waals surface area contributed by atoms with Gasteiger partial charge < -0.3 is 11.1 Å². The zero-order chi connectivity index (χ0) is 19.7. The summed E-state index contributed by atoms with van der Waals surface area (Å²) in [6, 6.07) is 10.8. The van der Waals surface area contributed by atoms with Crippen LogP contribution in [0.15, 0.2) is 54.9 Å². The first kappa shape index (κ1) is 17.8. The summed E-state index contributed by atoms with van der Waals surface area (Å²) >= 11 is 0. The van der Waals surface area contributed by atoms with Gasteiger partial charge in [-0.15, -0.1) is 0 Å². The van der Waals surface area contributed by atoms with Gasteiger partial charge in [-0.25, -0.2) is 9.97 Å². The molecule has 0 amide bonds. The number of fused-ring (bicyclic) bond motifs is 1. The molecule has 0 aliphatic rings. The minimum Gasteiger partial charge on any atom is -0.382 e. The standard InChI is InChI=1S/C19H15F3N6/c20-19(21,22)14-3-1-2-11(6-14)8-24-18-25-9-13(10-26-18)12-4-5-15-16(7-12)27-28-17(15)23/h1-7,9-10H,8H2,(H3,23,27,28)(H,24,25,26). The molecular weight excluding hydrogens is 369 g/mol. The molecule has 0 aliphatic heterocycles. The van der Waals surface area contributed by atoms with E-state index in [1.807, 2.05) is 18.2 Å². The third-order valence-electron chi connectivity index (χ3n) is 4.28. The first-order valence-corrected chi connectivity index (χ1v) is 8.36. The molecule has 4 aromatic rings. The fourth-order valence-corrected chi connectivity index (χ4v) is 2.83. The number of alkyl halides is 3. The summed E-state index contributed by atoms with van der Waals surface area (Å²) in [6.07, 6.45) is -1.08. The first-order chi connectivity index (χ1) is 13.4. The minimum absolute atomic E-state index is 0.183. The van der Waals surface area contributed by atoms with Crippen LogP contribution in [-0.4, -0.2) is 20.2 Å². The minimum atomic E-state index is -4.37. The highest BCUT2D eigenvalue weighted by Crippen LogP contribution is 2.29. The highest BCUT2D eigenvalue weighted by molar-refractivity contribution is 5.91. The van der Waals surface area contributed by atoms with Crippen LogP contribution in [0.2, 0.25) is 0 Å². The molecule has 0 aliphatic carbocycles. The van der Waals surface area contributed by atoms with E-state index in [-0.39, 0.29) is 6.54 Å². The molecule has 0 saturated heterocycles. The van der Waals surface area contributed by atoms with Crippen LogP contribution in [-0.2, 0) is 12.7 Å². The quantitative estimate of drug-likeness (QED) is 0.490. The van der Waals surface area contributed by atoms with Gasteiger partial charge in [-0.05, 0) is 35.4 Å². The summed E-state index contributed by atoms with van der Waals surface area (Å²) in [5.74, 6) is 0.764. The van der Waals surface area contributed by atoms with E-state index in [2.05, 4.69) is 25.5 Å². The second-order valence-electron chi connectivity index (χ2n) is 6.22. The van der Waals surface area contributed by atoms with E-state index in [1.165, 1.54) is 6.07 Å². The lowest BCUT2D eigenvalue weighted by Gasteiger charge is -2.10. The van der Waals surface area contributed by atoms with Crippen molar-refractivity contribution in [2.24, 2.45) is 0 Å². The number of rotatable bonds is 4. The average Bonchev–Trinajstić information content (AvgIpc) is 3.07. The molecule has 28 heavy (non-hydrogen) atoms. The summed E-state index contributed by atoms with van der Waals surface area (Å²) in [5, 5.41) is 10.6. The van der Waals surface area contributed by atoms with Crippen molar-refractivity contribution in [2.75, 3.05) is 11.1 Å². The van der Waals surface area contributed by atoms with Gasteiger partial charge in [-0.2, -0.15) is 18.3 Å². The number of hydrogen-bond acceptors (Lipinski definition) is 5. The van der Waals surface area contributed by atoms with Crippen LogP contribution in [0.1, 0.15) is 11.1 Å². The number of halogens is 3. The number of aromatic amines is 1. The SMILES string of the molecule is Nc1n[nH]c2cc(-c3cnc(NCc4cccc(C(F)(F)F)c4)nc3)ccc12. The monoisotopic (exact) mass is 384 g/mol. The number of nitrogens with zero attached hydrogens (tertiary/aromatic N) is 3. The molecule has 4 rings (SSSR count). The van der Waals surface area contributed by atoms with Gasteiger partial charge >= 0.3 is 6.18 Å². The van der Waals surface area contributed by atoms with Gasteiger partial charge in [0.1, 0.15) is 0 Å². The van der Waals surface area contributed by atoms with Gasteiger partial charge in [-0.3, -0.25) is 5.10 Å². The van der Waals surface area contributed by atoms with Crippen LogP contribution in [0.5, 0.6) is 0 Å². The van der Waals surface area contributed by atoms with E-state index < -0.39 is 11.7 Å². The molecule has 2 heterocycles. The van der Waals surface area contributed by atoms with Crippen LogP contribution in [0.3, 0.4) is 0 Å². The molecule has 2 aromatic heterocycles. The predicted molar refractivity (Wildman–Crippen MR) is 100 cm³/mol. The Morgan fingerprint density at radius 1 is 1.00 bits per heavy atom. The molecular formula is C19H15F3N6. The highest BCUT2D eigenvalue weighted by atomic mass is 19.4. The molecule has 0 unspecified atom stereocenters. The van der Waals surface area contributed by atoms with Crippen molar-refractivity contribution < 1.29 is 13.2 Å². The highest BCUT2D eigenvalue weighted by Gasteiger charge is 2.30. The number of nitrogen functional groups attached to an aromatic ring is 1. The maximum Gasteiger partial charge on any atom is 0.416 e. The van der Waals surface area contributed by atoms with Gasteiger partial charge in [0.25, 0.3) is 0 Å². The number of anilines is 2. The smallest absolute Gasteiger partial charge is 0.382 e.